The molecule has 0 aliphatic carbocycles. The molecule has 4 N–H and O–H groups in total. The number of aromatic nitrogens is 4. The number of ether oxygens (including phenoxy) is 2. The second kappa shape index (κ2) is 11.7. The predicted octanol–water partition coefficient (Wildman–Crippen LogP) is 4.46. The van der Waals surface area contributed by atoms with Crippen molar-refractivity contribution in [1.82, 2.24) is 29.7 Å². The SMILES string of the molecule is CC(C)OC(=O)C(C)(C)NP(=O)(COC(C)Cn1cnc2c(N)ncnc21)NC(C)(C)c1ccc(Cl)cc1. The summed E-state index contributed by atoms with van der Waals surface area (Å²) < 4.78 is 27.7. The van der Waals surface area contributed by atoms with Crippen molar-refractivity contribution in [1.29, 1.82) is 0 Å². The average molecular weight is 566 g/mol. The van der Waals surface area contributed by atoms with Crippen molar-refractivity contribution < 1.29 is 18.8 Å². The molecule has 13 heteroatoms. The molecule has 2 heterocycles. The summed E-state index contributed by atoms with van der Waals surface area (Å²) in [4.78, 5) is 25.3. The van der Waals surface area contributed by atoms with Gasteiger partial charge >= 0.3 is 5.97 Å². The van der Waals surface area contributed by atoms with Crippen LogP contribution in [0.4, 0.5) is 5.82 Å². The Morgan fingerprint density at radius 2 is 1.76 bits per heavy atom. The summed E-state index contributed by atoms with van der Waals surface area (Å²) in [5, 5.41) is 6.86. The lowest BCUT2D eigenvalue weighted by Gasteiger charge is -2.37. The van der Waals surface area contributed by atoms with E-state index in [9.17, 15) is 9.36 Å². The average Bonchev–Trinajstić information content (AvgIpc) is 3.21. The highest BCUT2D eigenvalue weighted by Crippen LogP contribution is 2.44. The summed E-state index contributed by atoms with van der Waals surface area (Å²) in [5.41, 5.74) is 5.81. The number of nitrogens with one attached hydrogen (secondary N) is 2. The highest BCUT2D eigenvalue weighted by molar-refractivity contribution is 7.59. The van der Waals surface area contributed by atoms with Crippen LogP contribution in [0.1, 0.15) is 54.0 Å². The fraction of sp³-hybridized carbons (Fsp3) is 0.520. The summed E-state index contributed by atoms with van der Waals surface area (Å²) in [6, 6.07) is 7.26. The maximum atomic E-state index is 14.4. The van der Waals surface area contributed by atoms with Gasteiger partial charge in [0.05, 0.1) is 25.1 Å². The van der Waals surface area contributed by atoms with Gasteiger partial charge in [0.2, 0.25) is 7.44 Å². The van der Waals surface area contributed by atoms with Crippen molar-refractivity contribution in [2.75, 3.05) is 12.1 Å². The van der Waals surface area contributed by atoms with E-state index < -0.39 is 24.5 Å². The normalized spacial score (nSPS) is 15.0. The topological polar surface area (TPSA) is 146 Å². The van der Waals surface area contributed by atoms with Crippen LogP contribution in [-0.4, -0.2) is 49.6 Å². The van der Waals surface area contributed by atoms with Crippen molar-refractivity contribution >= 4 is 42.0 Å². The fourth-order valence-corrected chi connectivity index (χ4v) is 6.73. The van der Waals surface area contributed by atoms with Crippen LogP contribution in [-0.2, 0) is 30.9 Å². The third kappa shape index (κ3) is 7.51. The number of carbonyl (C=O) groups excluding carboxylic acids is 1. The highest BCUT2D eigenvalue weighted by Gasteiger charge is 2.41. The van der Waals surface area contributed by atoms with E-state index in [1.807, 2.05) is 32.9 Å². The van der Waals surface area contributed by atoms with Crippen LogP contribution >= 0.6 is 19.0 Å². The minimum Gasteiger partial charge on any atom is -0.462 e. The van der Waals surface area contributed by atoms with Gasteiger partial charge in [0.25, 0.3) is 0 Å². The van der Waals surface area contributed by atoms with Crippen molar-refractivity contribution in [3.63, 3.8) is 0 Å². The number of anilines is 1. The van der Waals surface area contributed by atoms with Crippen LogP contribution in [0.2, 0.25) is 5.02 Å². The number of hydrogen-bond donors (Lipinski definition) is 3. The first-order valence-corrected chi connectivity index (χ1v) is 14.6. The van der Waals surface area contributed by atoms with E-state index in [1.54, 1.807) is 50.7 Å². The van der Waals surface area contributed by atoms with E-state index in [1.165, 1.54) is 6.33 Å². The second-order valence-electron chi connectivity index (χ2n) is 10.6. The van der Waals surface area contributed by atoms with Crippen molar-refractivity contribution in [3.8, 4) is 0 Å². The number of halogens is 1. The molecule has 0 bridgehead atoms. The Morgan fingerprint density at radius 3 is 2.39 bits per heavy atom. The van der Waals surface area contributed by atoms with E-state index in [2.05, 4.69) is 25.1 Å². The maximum absolute atomic E-state index is 14.4. The first-order valence-electron chi connectivity index (χ1n) is 12.3. The molecular weight excluding hydrogens is 529 g/mol. The molecule has 0 spiro atoms. The van der Waals surface area contributed by atoms with Crippen molar-refractivity contribution in [2.24, 2.45) is 0 Å². The molecule has 0 radical (unpaired) electrons. The lowest BCUT2D eigenvalue weighted by Crippen LogP contribution is -2.51. The number of esters is 1. The molecule has 2 unspecified atom stereocenters. The molecule has 3 aromatic rings. The van der Waals surface area contributed by atoms with E-state index in [-0.39, 0.29) is 18.6 Å². The summed E-state index contributed by atoms with van der Waals surface area (Å²) >= 11 is 6.07. The minimum atomic E-state index is -3.56. The summed E-state index contributed by atoms with van der Waals surface area (Å²) in [6.07, 6.45) is 2.08. The standard InChI is InChI=1S/C25H37ClN7O4P/c1-16(2)37-23(34)25(6,7)32-38(35,31-24(4,5)18-8-10-19(26)11-9-18)15-36-17(3)12-33-14-30-20-21(27)28-13-29-22(20)33/h8-11,13-14,16-17H,12,15H2,1-7H3,(H2,27,28,29)(H2,31,32,35). The highest BCUT2D eigenvalue weighted by atomic mass is 35.5. The maximum Gasteiger partial charge on any atom is 0.326 e. The molecule has 0 aliphatic heterocycles. The van der Waals surface area contributed by atoms with Crippen LogP contribution in [0.3, 0.4) is 0 Å². The molecule has 2 atom stereocenters. The second-order valence-corrected chi connectivity index (χ2v) is 13.2. The van der Waals surface area contributed by atoms with Gasteiger partial charge in [-0.1, -0.05) is 23.7 Å². The molecule has 0 saturated heterocycles. The van der Waals surface area contributed by atoms with Crippen LogP contribution < -0.4 is 15.9 Å². The largest absolute Gasteiger partial charge is 0.462 e. The lowest BCUT2D eigenvalue weighted by molar-refractivity contribution is -0.153. The number of imidazole rings is 1. The molecule has 3 rings (SSSR count). The van der Waals surface area contributed by atoms with Crippen LogP contribution in [0.15, 0.2) is 36.9 Å². The van der Waals surface area contributed by atoms with E-state index in [0.29, 0.717) is 28.5 Å². The Balaban J connectivity index is 1.82. The Labute approximate surface area is 228 Å². The molecule has 0 fully saturated rings. The molecule has 208 valence electrons. The van der Waals surface area contributed by atoms with E-state index in [0.717, 1.165) is 5.56 Å². The van der Waals surface area contributed by atoms with Crippen molar-refractivity contribution in [2.45, 2.75) is 78.3 Å². The number of nitrogens with two attached hydrogens (primary N) is 1. The number of nitrogens with zero attached hydrogens (tertiary/aromatic N) is 4. The quantitative estimate of drug-likeness (QED) is 0.212. The van der Waals surface area contributed by atoms with Crippen LogP contribution in [0, 0.1) is 0 Å². The van der Waals surface area contributed by atoms with Gasteiger partial charge in [-0.3, -0.25) is 9.36 Å². The van der Waals surface area contributed by atoms with E-state index >= 15 is 0 Å². The smallest absolute Gasteiger partial charge is 0.326 e. The Kier molecular flexibility index (Phi) is 9.21. The molecule has 38 heavy (non-hydrogen) atoms. The van der Waals surface area contributed by atoms with Gasteiger partial charge in [0, 0.05) is 10.6 Å². The number of benzene rings is 1. The lowest BCUT2D eigenvalue weighted by atomic mass is 9.96. The zero-order valence-corrected chi connectivity index (χ0v) is 24.5. The third-order valence-electron chi connectivity index (χ3n) is 5.76. The molecule has 0 saturated carbocycles. The van der Waals surface area contributed by atoms with Gasteiger partial charge in [0.1, 0.15) is 23.7 Å². The van der Waals surface area contributed by atoms with Gasteiger partial charge in [0.15, 0.2) is 11.5 Å². The number of hydrogen-bond acceptors (Lipinski definition) is 8. The zero-order chi connectivity index (χ0) is 28.3. The number of rotatable bonds is 12. The van der Waals surface area contributed by atoms with Crippen LogP contribution in [0.25, 0.3) is 11.2 Å². The fourth-order valence-electron chi connectivity index (χ4n) is 3.93. The molecule has 0 amide bonds. The van der Waals surface area contributed by atoms with Gasteiger partial charge in [-0.2, -0.15) is 0 Å². The first-order chi connectivity index (χ1) is 17.6. The minimum absolute atomic E-state index is 0.201. The Morgan fingerprint density at radius 1 is 1.11 bits per heavy atom. The van der Waals surface area contributed by atoms with E-state index in [4.69, 9.17) is 26.8 Å². The summed E-state index contributed by atoms with van der Waals surface area (Å²) in [5.74, 6) is -0.228. The molecule has 2 aromatic heterocycles. The Hall–Kier alpha value is -2.56. The van der Waals surface area contributed by atoms with Gasteiger partial charge < -0.3 is 19.8 Å². The number of carbonyl (C=O) groups is 1. The van der Waals surface area contributed by atoms with Crippen molar-refractivity contribution in [3.05, 3.63) is 47.5 Å². The number of nitrogen functional groups attached to an aromatic ring is 1. The third-order valence-corrected chi connectivity index (χ3v) is 8.37. The predicted molar refractivity (Wildman–Crippen MR) is 149 cm³/mol. The Bertz CT molecular complexity index is 1310. The summed E-state index contributed by atoms with van der Waals surface area (Å²) in [7, 11) is -3.56. The first kappa shape index (κ1) is 30.0. The number of fused-ring (bicyclic) bond motifs is 1. The summed E-state index contributed by atoms with van der Waals surface area (Å²) in [6.45, 7) is 12.8. The van der Waals surface area contributed by atoms with Crippen LogP contribution in [0.5, 0.6) is 0 Å². The van der Waals surface area contributed by atoms with Gasteiger partial charge in [-0.15, -0.1) is 0 Å². The molecule has 1 aromatic carbocycles. The molecule has 11 nitrogen and oxygen atoms in total. The molecular formula is C25H37ClN7O4P. The monoisotopic (exact) mass is 565 g/mol. The van der Waals surface area contributed by atoms with Gasteiger partial charge in [-0.05, 0) is 66.2 Å². The van der Waals surface area contributed by atoms with Gasteiger partial charge in [-0.25, -0.2) is 25.1 Å². The zero-order valence-electron chi connectivity index (χ0n) is 22.9. The molecule has 0 aliphatic rings.